The topological polar surface area (TPSA) is 71.5 Å². The lowest BCUT2D eigenvalue weighted by Crippen LogP contribution is -2.64. The molecule has 3 heterocycles. The molecule has 0 aliphatic carbocycles. The Kier molecular flexibility index (Phi) is 6.14. The summed E-state index contributed by atoms with van der Waals surface area (Å²) in [6.45, 7) is 3.80. The zero-order valence-corrected chi connectivity index (χ0v) is 19.6. The molecule has 2 aromatic carbocycles. The van der Waals surface area contributed by atoms with E-state index < -0.39 is 18.2 Å². The van der Waals surface area contributed by atoms with Crippen molar-refractivity contribution in [3.05, 3.63) is 70.5 Å². The van der Waals surface area contributed by atoms with Gasteiger partial charge >= 0.3 is 6.03 Å². The number of urea groups is 1. The van der Waals surface area contributed by atoms with Crippen LogP contribution in [0.25, 0.3) is 0 Å². The monoisotopic (exact) mass is 484 g/mol. The smallest absolute Gasteiger partial charge is 0.325 e. The molecule has 0 spiro atoms. The molecular formula is C24H26ClFN6O2. The van der Waals surface area contributed by atoms with Crippen LogP contribution in [0.3, 0.4) is 0 Å². The number of imide groups is 1. The fraction of sp³-hybridized carbons (Fsp3) is 0.375. The Hall–Kier alpha value is -3.17. The Morgan fingerprint density at radius 1 is 1.06 bits per heavy atom. The summed E-state index contributed by atoms with van der Waals surface area (Å²) in [6.07, 6.45) is -0.591. The highest BCUT2D eigenvalue weighted by Crippen LogP contribution is 2.28. The van der Waals surface area contributed by atoms with E-state index in [-0.39, 0.29) is 11.7 Å². The first-order valence-electron chi connectivity index (χ1n) is 11.3. The van der Waals surface area contributed by atoms with Crippen molar-refractivity contribution in [1.82, 2.24) is 24.9 Å². The number of guanidine groups is 1. The predicted molar refractivity (Wildman–Crippen MR) is 127 cm³/mol. The first kappa shape index (κ1) is 22.6. The van der Waals surface area contributed by atoms with Crippen LogP contribution in [0.5, 0.6) is 0 Å². The zero-order valence-electron chi connectivity index (χ0n) is 18.8. The van der Waals surface area contributed by atoms with Gasteiger partial charge in [0.2, 0.25) is 0 Å². The molecule has 0 bridgehead atoms. The fourth-order valence-corrected chi connectivity index (χ4v) is 4.96. The Morgan fingerprint density at radius 2 is 1.82 bits per heavy atom. The third-order valence-corrected chi connectivity index (χ3v) is 6.82. The summed E-state index contributed by atoms with van der Waals surface area (Å²) in [7, 11) is 1.65. The van der Waals surface area contributed by atoms with Crippen molar-refractivity contribution in [2.75, 3.05) is 33.2 Å². The van der Waals surface area contributed by atoms with Crippen LogP contribution >= 0.6 is 11.6 Å². The second-order valence-electron chi connectivity index (χ2n) is 8.81. The van der Waals surface area contributed by atoms with Crippen molar-refractivity contribution >= 4 is 29.5 Å². The Morgan fingerprint density at radius 3 is 2.56 bits per heavy atom. The van der Waals surface area contributed by atoms with E-state index in [0.29, 0.717) is 42.7 Å². The van der Waals surface area contributed by atoms with E-state index in [1.54, 1.807) is 19.2 Å². The van der Waals surface area contributed by atoms with Crippen molar-refractivity contribution in [1.29, 1.82) is 0 Å². The minimum Gasteiger partial charge on any atom is -0.340 e. The highest BCUT2D eigenvalue weighted by molar-refractivity contribution is 6.30. The number of benzene rings is 2. The minimum atomic E-state index is -0.617. The van der Waals surface area contributed by atoms with Gasteiger partial charge in [0, 0.05) is 56.9 Å². The summed E-state index contributed by atoms with van der Waals surface area (Å²) in [5.74, 6) is 0.143. The molecule has 0 saturated carbocycles. The van der Waals surface area contributed by atoms with Crippen LogP contribution in [-0.4, -0.2) is 82.9 Å². The second-order valence-corrected chi connectivity index (χ2v) is 9.24. The van der Waals surface area contributed by atoms with Crippen molar-refractivity contribution < 1.29 is 14.0 Å². The number of fused-ring (bicyclic) bond motifs is 1. The van der Waals surface area contributed by atoms with Gasteiger partial charge in [0.25, 0.3) is 5.91 Å². The Labute approximate surface area is 202 Å². The molecule has 2 unspecified atom stereocenters. The fourth-order valence-electron chi connectivity index (χ4n) is 4.75. The van der Waals surface area contributed by atoms with Gasteiger partial charge < -0.3 is 14.7 Å². The quantitative estimate of drug-likeness (QED) is 0.721. The zero-order chi connectivity index (χ0) is 23.8. The summed E-state index contributed by atoms with van der Waals surface area (Å²) in [4.78, 5) is 37.7. The van der Waals surface area contributed by atoms with E-state index in [2.05, 4.69) is 15.1 Å². The highest BCUT2D eigenvalue weighted by atomic mass is 35.5. The average Bonchev–Trinajstić information content (AvgIpc) is 3.19. The lowest BCUT2D eigenvalue weighted by Gasteiger charge is -2.40. The first-order chi connectivity index (χ1) is 16.4. The SMILES string of the molecule is CN1C(=O)NC(=O)C2C1N=C(N1CCN(Cc3ccccc3F)CC1)N2Cc1cccc(Cl)c1. The standard InChI is InChI=1S/C24H26ClFN6O2/c1-29-21-20(22(33)28-24(29)34)32(14-16-5-4-7-18(25)13-16)23(27-21)31-11-9-30(10-12-31)15-17-6-2-3-8-19(17)26/h2-8,13,20-21H,9-12,14-15H2,1H3,(H,28,33,34). The summed E-state index contributed by atoms with van der Waals surface area (Å²) in [5.41, 5.74) is 1.63. The van der Waals surface area contributed by atoms with Crippen LogP contribution in [0.15, 0.2) is 53.5 Å². The first-order valence-corrected chi connectivity index (χ1v) is 11.7. The molecule has 5 rings (SSSR count). The number of hydrogen-bond donors (Lipinski definition) is 1. The number of halogens is 2. The maximum Gasteiger partial charge on any atom is 0.325 e. The normalized spacial score (nSPS) is 23.1. The van der Waals surface area contributed by atoms with E-state index in [1.807, 2.05) is 35.2 Å². The molecule has 2 atom stereocenters. The third-order valence-electron chi connectivity index (χ3n) is 6.59. The molecule has 3 aliphatic rings. The van der Waals surface area contributed by atoms with Crippen LogP contribution in [0.4, 0.5) is 9.18 Å². The van der Waals surface area contributed by atoms with Crippen LogP contribution in [0.1, 0.15) is 11.1 Å². The Balaban J connectivity index is 1.35. The number of amides is 3. The van der Waals surface area contributed by atoms with Crippen molar-refractivity contribution in [2.45, 2.75) is 25.3 Å². The van der Waals surface area contributed by atoms with E-state index in [1.165, 1.54) is 11.0 Å². The number of likely N-dealkylation sites (N-methyl/N-ethyl adjacent to an activating group) is 1. The average molecular weight is 485 g/mol. The number of piperazine rings is 1. The van der Waals surface area contributed by atoms with E-state index in [0.717, 1.165) is 18.7 Å². The molecule has 0 aromatic heterocycles. The predicted octanol–water partition coefficient (Wildman–Crippen LogP) is 2.34. The van der Waals surface area contributed by atoms with Crippen molar-refractivity contribution in [3.8, 4) is 0 Å². The van der Waals surface area contributed by atoms with Gasteiger partial charge in [-0.15, -0.1) is 0 Å². The molecule has 10 heteroatoms. The van der Waals surface area contributed by atoms with Gasteiger partial charge in [0.15, 0.2) is 18.2 Å². The molecule has 2 aromatic rings. The molecule has 2 fully saturated rings. The summed E-state index contributed by atoms with van der Waals surface area (Å²) >= 11 is 6.19. The molecule has 0 radical (unpaired) electrons. The molecule has 3 amide bonds. The number of aliphatic imine (C=N–C) groups is 1. The summed E-state index contributed by atoms with van der Waals surface area (Å²) in [6, 6.07) is 13.3. The number of nitrogens with zero attached hydrogens (tertiary/aromatic N) is 5. The summed E-state index contributed by atoms with van der Waals surface area (Å²) < 4.78 is 14.1. The van der Waals surface area contributed by atoms with Gasteiger partial charge in [-0.05, 0) is 23.8 Å². The molecule has 3 aliphatic heterocycles. The summed E-state index contributed by atoms with van der Waals surface area (Å²) in [5, 5.41) is 3.05. The largest absolute Gasteiger partial charge is 0.340 e. The van der Waals surface area contributed by atoms with E-state index >= 15 is 0 Å². The van der Waals surface area contributed by atoms with Gasteiger partial charge in [0.1, 0.15) is 5.82 Å². The van der Waals surface area contributed by atoms with E-state index in [9.17, 15) is 14.0 Å². The van der Waals surface area contributed by atoms with Gasteiger partial charge in [-0.2, -0.15) is 0 Å². The Bertz CT molecular complexity index is 1140. The number of carbonyl (C=O) groups is 2. The maximum absolute atomic E-state index is 14.1. The van der Waals surface area contributed by atoms with E-state index in [4.69, 9.17) is 16.6 Å². The van der Waals surface area contributed by atoms with Gasteiger partial charge in [0.05, 0.1) is 0 Å². The molecule has 178 valence electrons. The number of hydrogen-bond acceptors (Lipinski definition) is 6. The number of carbonyl (C=O) groups excluding carboxylic acids is 2. The van der Waals surface area contributed by atoms with Crippen molar-refractivity contribution in [2.24, 2.45) is 4.99 Å². The number of nitrogens with one attached hydrogen (secondary N) is 1. The lowest BCUT2D eigenvalue weighted by molar-refractivity contribution is -0.127. The van der Waals surface area contributed by atoms with Crippen LogP contribution in [0.2, 0.25) is 5.02 Å². The second kappa shape index (κ2) is 9.23. The molecule has 8 nitrogen and oxygen atoms in total. The minimum absolute atomic E-state index is 0.194. The third kappa shape index (κ3) is 4.33. The van der Waals surface area contributed by atoms with Gasteiger partial charge in [-0.3, -0.25) is 15.0 Å². The maximum atomic E-state index is 14.1. The number of rotatable bonds is 4. The molecule has 1 N–H and O–H groups in total. The van der Waals surface area contributed by atoms with Crippen LogP contribution in [0, 0.1) is 5.82 Å². The molecular weight excluding hydrogens is 459 g/mol. The highest BCUT2D eigenvalue weighted by Gasteiger charge is 2.49. The van der Waals surface area contributed by atoms with Crippen LogP contribution < -0.4 is 5.32 Å². The lowest BCUT2D eigenvalue weighted by atomic mass is 10.1. The van der Waals surface area contributed by atoms with Crippen LogP contribution in [-0.2, 0) is 17.9 Å². The molecule has 34 heavy (non-hydrogen) atoms. The van der Waals surface area contributed by atoms with Crippen molar-refractivity contribution in [3.63, 3.8) is 0 Å². The van der Waals surface area contributed by atoms with Gasteiger partial charge in [-0.25, -0.2) is 14.2 Å². The van der Waals surface area contributed by atoms with Gasteiger partial charge in [-0.1, -0.05) is 41.9 Å². The molecule has 2 saturated heterocycles.